The van der Waals surface area contributed by atoms with Crippen molar-refractivity contribution in [2.75, 3.05) is 31.3 Å². The molecule has 0 aromatic carbocycles. The minimum atomic E-state index is -0.0875. The van der Waals surface area contributed by atoms with Gasteiger partial charge in [-0.1, -0.05) is 0 Å². The Morgan fingerprint density at radius 3 is 2.89 bits per heavy atom. The third-order valence-corrected chi connectivity index (χ3v) is 3.41. The summed E-state index contributed by atoms with van der Waals surface area (Å²) in [6, 6.07) is 1.87. The number of carbonyl (C=O) groups is 1. The molecular weight excluding hydrogens is 228 g/mol. The fourth-order valence-corrected chi connectivity index (χ4v) is 2.30. The maximum atomic E-state index is 12.1. The number of pyridine rings is 1. The summed E-state index contributed by atoms with van der Waals surface area (Å²) in [7, 11) is 3.58. The Morgan fingerprint density at radius 2 is 2.28 bits per heavy atom. The van der Waals surface area contributed by atoms with Crippen LogP contribution in [0.15, 0.2) is 12.3 Å². The van der Waals surface area contributed by atoms with Crippen LogP contribution in [-0.2, 0) is 4.79 Å². The number of nitrogens with two attached hydrogens (primary N) is 1. The average molecular weight is 248 g/mol. The van der Waals surface area contributed by atoms with E-state index in [0.29, 0.717) is 5.69 Å². The highest BCUT2D eigenvalue weighted by atomic mass is 16.2. The van der Waals surface area contributed by atoms with Gasteiger partial charge in [0.1, 0.15) is 11.9 Å². The van der Waals surface area contributed by atoms with Crippen molar-refractivity contribution in [1.82, 2.24) is 9.88 Å². The van der Waals surface area contributed by atoms with Crippen molar-refractivity contribution in [3.63, 3.8) is 0 Å². The van der Waals surface area contributed by atoms with Crippen LogP contribution in [0.1, 0.15) is 18.4 Å². The van der Waals surface area contributed by atoms with Gasteiger partial charge < -0.3 is 15.5 Å². The lowest BCUT2D eigenvalue weighted by atomic mass is 10.2. The first-order valence-electron chi connectivity index (χ1n) is 6.20. The molecule has 2 N–H and O–H groups in total. The molecule has 1 atom stereocenters. The second-order valence-corrected chi connectivity index (χ2v) is 4.98. The Hall–Kier alpha value is -1.78. The summed E-state index contributed by atoms with van der Waals surface area (Å²) < 4.78 is 0. The van der Waals surface area contributed by atoms with Crippen LogP contribution in [-0.4, -0.2) is 42.5 Å². The fraction of sp³-hybridized carbons (Fsp3) is 0.538. The topological polar surface area (TPSA) is 62.5 Å². The highest BCUT2D eigenvalue weighted by Gasteiger charge is 2.32. The van der Waals surface area contributed by atoms with E-state index in [0.717, 1.165) is 30.8 Å². The third kappa shape index (κ3) is 2.25. The lowest BCUT2D eigenvalue weighted by molar-refractivity contribution is -0.129. The van der Waals surface area contributed by atoms with E-state index in [1.807, 2.05) is 13.0 Å². The van der Waals surface area contributed by atoms with Crippen molar-refractivity contribution in [3.8, 4) is 0 Å². The molecule has 1 amide bonds. The monoisotopic (exact) mass is 248 g/mol. The van der Waals surface area contributed by atoms with Crippen molar-refractivity contribution >= 4 is 17.4 Å². The van der Waals surface area contributed by atoms with Gasteiger partial charge in [0.2, 0.25) is 5.91 Å². The van der Waals surface area contributed by atoms with E-state index in [-0.39, 0.29) is 11.9 Å². The highest BCUT2D eigenvalue weighted by molar-refractivity contribution is 5.85. The van der Waals surface area contributed by atoms with E-state index in [1.54, 1.807) is 25.2 Å². The van der Waals surface area contributed by atoms with Gasteiger partial charge in [-0.2, -0.15) is 0 Å². The molecule has 0 bridgehead atoms. The van der Waals surface area contributed by atoms with Crippen LogP contribution in [0.3, 0.4) is 0 Å². The van der Waals surface area contributed by atoms with Crippen LogP contribution in [0.25, 0.3) is 0 Å². The molecule has 1 fully saturated rings. The molecule has 1 aliphatic heterocycles. The summed E-state index contributed by atoms with van der Waals surface area (Å²) in [5, 5.41) is 0. The van der Waals surface area contributed by atoms with Crippen LogP contribution >= 0.6 is 0 Å². The number of aromatic nitrogens is 1. The van der Waals surface area contributed by atoms with Crippen LogP contribution in [0.4, 0.5) is 11.5 Å². The van der Waals surface area contributed by atoms with Gasteiger partial charge in [-0.3, -0.25) is 4.79 Å². The molecule has 0 radical (unpaired) electrons. The largest absolute Gasteiger partial charge is 0.397 e. The van der Waals surface area contributed by atoms with E-state index >= 15 is 0 Å². The smallest absolute Gasteiger partial charge is 0.244 e. The van der Waals surface area contributed by atoms with Gasteiger partial charge in [0.25, 0.3) is 0 Å². The zero-order valence-corrected chi connectivity index (χ0v) is 11.2. The third-order valence-electron chi connectivity index (χ3n) is 3.41. The van der Waals surface area contributed by atoms with Crippen LogP contribution in [0.2, 0.25) is 0 Å². The van der Waals surface area contributed by atoms with E-state index < -0.39 is 0 Å². The number of rotatable bonds is 2. The van der Waals surface area contributed by atoms with Crippen LogP contribution < -0.4 is 10.6 Å². The number of aryl methyl sites for hydroxylation is 1. The lowest BCUT2D eigenvalue weighted by Crippen LogP contribution is -2.43. The molecule has 1 saturated heterocycles. The van der Waals surface area contributed by atoms with Gasteiger partial charge in [0, 0.05) is 20.6 Å². The predicted octanol–water partition coefficient (Wildman–Crippen LogP) is 1.03. The van der Waals surface area contributed by atoms with Crippen LogP contribution in [0.5, 0.6) is 0 Å². The van der Waals surface area contributed by atoms with Crippen molar-refractivity contribution in [1.29, 1.82) is 0 Å². The Kier molecular flexibility index (Phi) is 3.41. The maximum Gasteiger partial charge on any atom is 0.244 e. The lowest BCUT2D eigenvalue weighted by Gasteiger charge is -2.27. The van der Waals surface area contributed by atoms with Gasteiger partial charge in [-0.15, -0.1) is 0 Å². The van der Waals surface area contributed by atoms with Gasteiger partial charge in [0.05, 0.1) is 11.9 Å². The van der Waals surface area contributed by atoms with E-state index in [1.165, 1.54) is 0 Å². The first-order valence-corrected chi connectivity index (χ1v) is 6.20. The summed E-state index contributed by atoms with van der Waals surface area (Å²) in [5.41, 5.74) is 7.46. The standard InChI is InChI=1S/C13H20N4O/c1-9-7-12(15-8-10(9)14)17-6-4-5-11(17)13(18)16(2)3/h7-8,11H,4-6,14H2,1-3H3. The molecule has 18 heavy (non-hydrogen) atoms. The molecule has 0 saturated carbocycles. The molecule has 2 heterocycles. The van der Waals surface area contributed by atoms with E-state index in [4.69, 9.17) is 5.73 Å². The second kappa shape index (κ2) is 4.84. The second-order valence-electron chi connectivity index (χ2n) is 4.98. The Labute approximate surface area is 108 Å². The first kappa shape index (κ1) is 12.7. The van der Waals surface area contributed by atoms with Crippen LogP contribution in [0, 0.1) is 6.92 Å². The number of likely N-dealkylation sites (N-methyl/N-ethyl adjacent to an activating group) is 1. The van der Waals surface area contributed by atoms with Crippen molar-refractivity contribution < 1.29 is 4.79 Å². The minimum absolute atomic E-state index is 0.0875. The molecule has 1 aliphatic rings. The molecule has 0 aliphatic carbocycles. The summed E-state index contributed by atoms with van der Waals surface area (Å²) >= 11 is 0. The highest BCUT2D eigenvalue weighted by Crippen LogP contribution is 2.26. The summed E-state index contributed by atoms with van der Waals surface area (Å²) in [6.45, 7) is 2.83. The quantitative estimate of drug-likeness (QED) is 0.849. The molecule has 1 aromatic heterocycles. The number of hydrogen-bond donors (Lipinski definition) is 1. The minimum Gasteiger partial charge on any atom is -0.397 e. The number of carbonyl (C=O) groups excluding carboxylic acids is 1. The summed E-state index contributed by atoms with van der Waals surface area (Å²) in [5.74, 6) is 0.989. The molecular formula is C13H20N4O. The van der Waals surface area contributed by atoms with E-state index in [2.05, 4.69) is 9.88 Å². The van der Waals surface area contributed by atoms with E-state index in [9.17, 15) is 4.79 Å². The normalized spacial score (nSPS) is 19.1. The predicted molar refractivity (Wildman–Crippen MR) is 72.4 cm³/mol. The number of amides is 1. The number of anilines is 2. The zero-order valence-electron chi connectivity index (χ0n) is 11.2. The molecule has 98 valence electrons. The van der Waals surface area contributed by atoms with Gasteiger partial charge in [-0.05, 0) is 31.4 Å². The summed E-state index contributed by atoms with van der Waals surface area (Å²) in [4.78, 5) is 20.2. The van der Waals surface area contributed by atoms with Crippen molar-refractivity contribution in [2.24, 2.45) is 0 Å². The van der Waals surface area contributed by atoms with Gasteiger partial charge in [0.15, 0.2) is 0 Å². The molecule has 5 nitrogen and oxygen atoms in total. The molecule has 1 unspecified atom stereocenters. The summed E-state index contributed by atoms with van der Waals surface area (Å²) in [6.07, 6.45) is 3.58. The first-order chi connectivity index (χ1) is 8.50. The molecule has 1 aromatic rings. The van der Waals surface area contributed by atoms with Crippen molar-refractivity contribution in [3.05, 3.63) is 17.8 Å². The number of nitrogens with zero attached hydrogens (tertiary/aromatic N) is 3. The average Bonchev–Trinajstić information content (AvgIpc) is 2.80. The zero-order chi connectivity index (χ0) is 13.3. The Morgan fingerprint density at radius 1 is 1.56 bits per heavy atom. The number of nitrogen functional groups attached to an aromatic ring is 1. The van der Waals surface area contributed by atoms with Gasteiger partial charge >= 0.3 is 0 Å². The van der Waals surface area contributed by atoms with Crippen molar-refractivity contribution in [2.45, 2.75) is 25.8 Å². The number of hydrogen-bond acceptors (Lipinski definition) is 4. The maximum absolute atomic E-state index is 12.1. The van der Waals surface area contributed by atoms with Gasteiger partial charge in [-0.25, -0.2) is 4.98 Å². The fourth-order valence-electron chi connectivity index (χ4n) is 2.30. The Bertz CT molecular complexity index is 458. The molecule has 5 heteroatoms. The SMILES string of the molecule is Cc1cc(N2CCCC2C(=O)N(C)C)ncc1N. The molecule has 2 rings (SSSR count). The molecule has 0 spiro atoms. The Balaban J connectivity index is 2.26.